The average Bonchev–Trinajstić information content (AvgIpc) is 2.83. The van der Waals surface area contributed by atoms with E-state index in [1.54, 1.807) is 0 Å². The van der Waals surface area contributed by atoms with Crippen LogP contribution in [0.4, 0.5) is 5.69 Å². The molecule has 2 aliphatic heterocycles. The molecule has 2 saturated heterocycles. The van der Waals surface area contributed by atoms with Gasteiger partial charge < -0.3 is 15.0 Å². The first-order valence-corrected chi connectivity index (χ1v) is 7.44. The molecule has 0 aromatic heterocycles. The third-order valence-electron chi connectivity index (χ3n) is 4.14. The van der Waals surface area contributed by atoms with Crippen LogP contribution in [0, 0.1) is 11.3 Å². The van der Waals surface area contributed by atoms with Crippen molar-refractivity contribution in [1.29, 1.82) is 5.26 Å². The zero-order valence-electron chi connectivity index (χ0n) is 11.9. The Bertz CT molecular complexity index is 511. The predicted octanol–water partition coefficient (Wildman–Crippen LogP) is 2.04. The van der Waals surface area contributed by atoms with E-state index in [0.29, 0.717) is 12.2 Å². The fourth-order valence-electron chi connectivity index (χ4n) is 3.14. The van der Waals surface area contributed by atoms with Crippen LogP contribution in [0.1, 0.15) is 30.9 Å². The van der Waals surface area contributed by atoms with Crippen LogP contribution in [0.15, 0.2) is 18.2 Å². The van der Waals surface area contributed by atoms with Crippen LogP contribution in [0.25, 0.3) is 0 Å². The summed E-state index contributed by atoms with van der Waals surface area (Å²) in [6.07, 6.45) is 3.01. The molecule has 2 aliphatic rings. The number of fused-ring (bicyclic) bond motifs is 2. The molecule has 3 rings (SSSR count). The van der Waals surface area contributed by atoms with E-state index in [9.17, 15) is 5.26 Å². The quantitative estimate of drug-likeness (QED) is 0.910. The highest BCUT2D eigenvalue weighted by atomic mass is 16.5. The lowest BCUT2D eigenvalue weighted by Gasteiger charge is -2.34. The van der Waals surface area contributed by atoms with Gasteiger partial charge in [0.2, 0.25) is 0 Å². The van der Waals surface area contributed by atoms with Crippen LogP contribution in [0.5, 0.6) is 0 Å². The highest BCUT2D eigenvalue weighted by Gasteiger charge is 2.34. The van der Waals surface area contributed by atoms with Gasteiger partial charge in [-0.3, -0.25) is 0 Å². The van der Waals surface area contributed by atoms with Gasteiger partial charge in [0.25, 0.3) is 0 Å². The average molecular weight is 271 g/mol. The summed E-state index contributed by atoms with van der Waals surface area (Å²) in [4.78, 5) is 2.32. The van der Waals surface area contributed by atoms with Gasteiger partial charge in [-0.25, -0.2) is 0 Å². The molecular weight excluding hydrogens is 250 g/mol. The van der Waals surface area contributed by atoms with Gasteiger partial charge in [-0.15, -0.1) is 0 Å². The molecule has 2 atom stereocenters. The van der Waals surface area contributed by atoms with Crippen molar-refractivity contribution >= 4 is 5.69 Å². The number of anilines is 1. The molecule has 1 aromatic rings. The van der Waals surface area contributed by atoms with Gasteiger partial charge >= 0.3 is 0 Å². The van der Waals surface area contributed by atoms with Crippen molar-refractivity contribution in [1.82, 2.24) is 5.32 Å². The van der Waals surface area contributed by atoms with Gasteiger partial charge in [-0.05, 0) is 37.1 Å². The van der Waals surface area contributed by atoms with Crippen molar-refractivity contribution in [2.75, 3.05) is 24.5 Å². The van der Waals surface area contributed by atoms with Crippen molar-refractivity contribution in [3.63, 3.8) is 0 Å². The van der Waals surface area contributed by atoms with Crippen LogP contribution in [0.2, 0.25) is 0 Å². The summed E-state index contributed by atoms with van der Waals surface area (Å²) in [5, 5.41) is 12.7. The largest absolute Gasteiger partial charge is 0.371 e. The molecule has 1 aromatic carbocycles. The summed E-state index contributed by atoms with van der Waals surface area (Å²) in [6, 6.07) is 8.57. The first-order valence-electron chi connectivity index (χ1n) is 7.44. The van der Waals surface area contributed by atoms with Gasteiger partial charge in [0.1, 0.15) is 6.07 Å². The number of ether oxygens (including phenoxy) is 1. The Hall–Kier alpha value is -1.57. The van der Waals surface area contributed by atoms with Crippen LogP contribution < -0.4 is 10.2 Å². The van der Waals surface area contributed by atoms with Crippen LogP contribution >= 0.6 is 0 Å². The molecular formula is C16H21N3O. The highest BCUT2D eigenvalue weighted by molar-refractivity contribution is 5.61. The monoisotopic (exact) mass is 271 g/mol. The molecule has 4 nitrogen and oxygen atoms in total. The fraction of sp³-hybridized carbons (Fsp3) is 0.562. The minimum absolute atomic E-state index is 0.349. The number of hydrogen-bond acceptors (Lipinski definition) is 4. The number of rotatable bonds is 4. The maximum Gasteiger partial charge on any atom is 0.101 e. The van der Waals surface area contributed by atoms with Gasteiger partial charge in [-0.2, -0.15) is 5.26 Å². The third-order valence-corrected chi connectivity index (χ3v) is 4.14. The summed E-state index contributed by atoms with van der Waals surface area (Å²) in [6.45, 7) is 5.68. The Labute approximate surface area is 120 Å². The number of benzene rings is 1. The van der Waals surface area contributed by atoms with E-state index in [1.807, 2.05) is 6.07 Å². The van der Waals surface area contributed by atoms with E-state index in [4.69, 9.17) is 4.74 Å². The fourth-order valence-corrected chi connectivity index (χ4v) is 3.14. The van der Waals surface area contributed by atoms with Gasteiger partial charge in [0, 0.05) is 19.6 Å². The molecule has 0 radical (unpaired) electrons. The second-order valence-electron chi connectivity index (χ2n) is 5.61. The molecule has 2 heterocycles. The normalized spacial score (nSPS) is 24.7. The predicted molar refractivity (Wildman–Crippen MR) is 78.6 cm³/mol. The molecule has 0 aliphatic carbocycles. The molecule has 2 fully saturated rings. The lowest BCUT2D eigenvalue weighted by molar-refractivity contribution is 0.0305. The van der Waals surface area contributed by atoms with Crippen molar-refractivity contribution < 1.29 is 4.74 Å². The van der Waals surface area contributed by atoms with Crippen molar-refractivity contribution in [3.05, 3.63) is 29.3 Å². The molecule has 20 heavy (non-hydrogen) atoms. The standard InChI is InChI=1S/C16H21N3O/c1-2-18-9-12-3-6-16(13(7-12)8-17)19-10-14-4-5-15(11-19)20-14/h3,6-7,14-15,18H,2,4-5,9-11H2,1H3. The minimum atomic E-state index is 0.349. The first-order chi connectivity index (χ1) is 9.80. The Morgan fingerprint density at radius 2 is 2.10 bits per heavy atom. The van der Waals surface area contributed by atoms with E-state index < -0.39 is 0 Å². The Kier molecular flexibility index (Phi) is 3.90. The van der Waals surface area contributed by atoms with Crippen LogP contribution in [-0.2, 0) is 11.3 Å². The molecule has 1 N–H and O–H groups in total. The Morgan fingerprint density at radius 3 is 2.75 bits per heavy atom. The van der Waals surface area contributed by atoms with E-state index in [-0.39, 0.29) is 0 Å². The molecule has 2 bridgehead atoms. The summed E-state index contributed by atoms with van der Waals surface area (Å²) in [5.41, 5.74) is 3.01. The number of morpholine rings is 1. The van der Waals surface area contributed by atoms with Crippen LogP contribution in [0.3, 0.4) is 0 Å². The number of nitrogens with zero attached hydrogens (tertiary/aromatic N) is 2. The number of nitriles is 1. The maximum absolute atomic E-state index is 9.42. The first kappa shape index (κ1) is 13.4. The number of nitrogens with one attached hydrogen (secondary N) is 1. The van der Waals surface area contributed by atoms with E-state index in [2.05, 4.69) is 35.3 Å². The molecule has 4 heteroatoms. The lowest BCUT2D eigenvalue weighted by atomic mass is 10.1. The molecule has 0 saturated carbocycles. The Balaban J connectivity index is 1.80. The molecule has 0 spiro atoms. The third kappa shape index (κ3) is 2.65. The lowest BCUT2D eigenvalue weighted by Crippen LogP contribution is -2.43. The second kappa shape index (κ2) is 5.82. The number of hydrogen-bond donors (Lipinski definition) is 1. The molecule has 106 valence electrons. The maximum atomic E-state index is 9.42. The zero-order chi connectivity index (χ0) is 13.9. The van der Waals surface area contributed by atoms with E-state index in [1.165, 1.54) is 5.56 Å². The van der Waals surface area contributed by atoms with Crippen molar-refractivity contribution in [2.45, 2.75) is 38.5 Å². The topological polar surface area (TPSA) is 48.3 Å². The summed E-state index contributed by atoms with van der Waals surface area (Å²) >= 11 is 0. The molecule has 2 unspecified atom stereocenters. The van der Waals surface area contributed by atoms with E-state index in [0.717, 1.165) is 50.3 Å². The van der Waals surface area contributed by atoms with Gasteiger partial charge in [0.15, 0.2) is 0 Å². The zero-order valence-corrected chi connectivity index (χ0v) is 11.9. The summed E-state index contributed by atoms with van der Waals surface area (Å²) < 4.78 is 5.86. The Morgan fingerprint density at radius 1 is 1.35 bits per heavy atom. The van der Waals surface area contributed by atoms with Crippen molar-refractivity contribution in [3.8, 4) is 6.07 Å². The van der Waals surface area contributed by atoms with Crippen molar-refractivity contribution in [2.24, 2.45) is 0 Å². The van der Waals surface area contributed by atoms with E-state index >= 15 is 0 Å². The summed E-state index contributed by atoms with van der Waals surface area (Å²) in [7, 11) is 0. The van der Waals surface area contributed by atoms with Crippen LogP contribution in [-0.4, -0.2) is 31.8 Å². The summed E-state index contributed by atoms with van der Waals surface area (Å²) in [5.74, 6) is 0. The molecule has 0 amide bonds. The van der Waals surface area contributed by atoms with Gasteiger partial charge in [-0.1, -0.05) is 13.0 Å². The minimum Gasteiger partial charge on any atom is -0.371 e. The second-order valence-corrected chi connectivity index (χ2v) is 5.61. The smallest absolute Gasteiger partial charge is 0.101 e. The SMILES string of the molecule is CCNCc1ccc(N2CC3CCC(C2)O3)c(C#N)c1. The van der Waals surface area contributed by atoms with Gasteiger partial charge in [0.05, 0.1) is 23.5 Å². The highest BCUT2D eigenvalue weighted by Crippen LogP contribution is 2.31.